The van der Waals surface area contributed by atoms with Gasteiger partial charge in [-0.05, 0) is 18.6 Å². The molecule has 0 aliphatic heterocycles. The molecule has 0 fully saturated rings. The Morgan fingerprint density at radius 1 is 1.52 bits per heavy atom. The predicted octanol–water partition coefficient (Wildman–Crippen LogP) is 2.12. The van der Waals surface area contributed by atoms with Crippen molar-refractivity contribution in [1.82, 2.24) is 9.55 Å². The third-order valence-electron chi connectivity index (χ3n) is 2.83. The van der Waals surface area contributed by atoms with Gasteiger partial charge in [-0.1, -0.05) is 17.8 Å². The summed E-state index contributed by atoms with van der Waals surface area (Å²) in [5.74, 6) is -0.973. The van der Waals surface area contributed by atoms with Gasteiger partial charge in [-0.3, -0.25) is 9.00 Å². The van der Waals surface area contributed by atoms with Crippen molar-refractivity contribution in [2.75, 3.05) is 17.8 Å². The number of fused-ring (bicyclic) bond motifs is 1. The van der Waals surface area contributed by atoms with E-state index in [1.807, 2.05) is 0 Å². The van der Waals surface area contributed by atoms with E-state index in [-0.39, 0.29) is 11.3 Å². The van der Waals surface area contributed by atoms with Gasteiger partial charge in [-0.25, -0.2) is 9.37 Å². The summed E-state index contributed by atoms with van der Waals surface area (Å²) in [5, 5.41) is 9.24. The molecule has 1 unspecified atom stereocenters. The lowest BCUT2D eigenvalue weighted by atomic mass is 10.3. The van der Waals surface area contributed by atoms with Crippen molar-refractivity contribution in [3.63, 3.8) is 0 Å². The average molecular weight is 330 g/mol. The highest BCUT2D eigenvalue weighted by molar-refractivity contribution is 7.99. The van der Waals surface area contributed by atoms with E-state index >= 15 is 0 Å². The first kappa shape index (κ1) is 16.0. The second-order valence-corrected chi connectivity index (χ2v) is 6.96. The fraction of sp³-hybridized carbons (Fsp3) is 0.385. The van der Waals surface area contributed by atoms with Gasteiger partial charge in [0.2, 0.25) is 0 Å². The maximum Gasteiger partial charge on any atom is 0.313 e. The van der Waals surface area contributed by atoms with Crippen LogP contribution in [0.1, 0.15) is 6.42 Å². The number of hydrogen-bond donors (Lipinski definition) is 1. The summed E-state index contributed by atoms with van der Waals surface area (Å²) in [6, 6.07) is 4.67. The van der Waals surface area contributed by atoms with Gasteiger partial charge in [0.25, 0.3) is 0 Å². The summed E-state index contributed by atoms with van der Waals surface area (Å²) < 4.78 is 26.7. The first-order chi connectivity index (χ1) is 9.99. The standard InChI is InChI=1S/C13H15FN2O3S2/c1-21(19)7-3-6-16-10-5-2-4-9(14)12(10)15-13(16)20-8-11(17)18/h2,4-5H,3,6-8H2,1H3,(H,17,18). The lowest BCUT2D eigenvalue weighted by molar-refractivity contribution is -0.133. The topological polar surface area (TPSA) is 72.2 Å². The third kappa shape index (κ3) is 4.04. The Labute approximate surface area is 128 Å². The molecular weight excluding hydrogens is 315 g/mol. The number of nitrogens with zero attached hydrogens (tertiary/aromatic N) is 2. The van der Waals surface area contributed by atoms with Gasteiger partial charge in [-0.15, -0.1) is 0 Å². The summed E-state index contributed by atoms with van der Waals surface area (Å²) in [7, 11) is -0.892. The number of carboxylic acid groups (broad SMARTS) is 1. The van der Waals surface area contributed by atoms with Crippen molar-refractivity contribution in [2.45, 2.75) is 18.1 Å². The van der Waals surface area contributed by atoms with Crippen LogP contribution in [0.25, 0.3) is 11.0 Å². The second kappa shape index (κ2) is 7.04. The van der Waals surface area contributed by atoms with Gasteiger partial charge in [0.1, 0.15) is 5.52 Å². The second-order valence-electron chi connectivity index (χ2n) is 4.47. The quantitative estimate of drug-likeness (QED) is 0.787. The first-order valence-corrected chi connectivity index (χ1v) is 8.99. The molecule has 5 nitrogen and oxygen atoms in total. The smallest absolute Gasteiger partial charge is 0.313 e. The summed E-state index contributed by atoms with van der Waals surface area (Å²) >= 11 is 1.06. The Morgan fingerprint density at radius 3 is 2.95 bits per heavy atom. The molecule has 114 valence electrons. The van der Waals surface area contributed by atoms with E-state index in [1.54, 1.807) is 23.0 Å². The van der Waals surface area contributed by atoms with Crippen LogP contribution in [0.4, 0.5) is 4.39 Å². The van der Waals surface area contributed by atoms with E-state index in [4.69, 9.17) is 5.11 Å². The minimum atomic E-state index is -0.950. The largest absolute Gasteiger partial charge is 0.481 e. The number of thioether (sulfide) groups is 1. The lowest BCUT2D eigenvalue weighted by Crippen LogP contribution is -2.06. The van der Waals surface area contributed by atoms with Crippen molar-refractivity contribution in [1.29, 1.82) is 0 Å². The van der Waals surface area contributed by atoms with Crippen LogP contribution in [0, 0.1) is 5.82 Å². The van der Waals surface area contributed by atoms with Crippen LogP contribution in [-0.4, -0.2) is 42.6 Å². The number of aryl methyl sites for hydroxylation is 1. The lowest BCUT2D eigenvalue weighted by Gasteiger charge is -2.07. The van der Waals surface area contributed by atoms with E-state index in [9.17, 15) is 13.4 Å². The average Bonchev–Trinajstić information content (AvgIpc) is 2.76. The minimum Gasteiger partial charge on any atom is -0.481 e. The van der Waals surface area contributed by atoms with Crippen LogP contribution in [0.5, 0.6) is 0 Å². The normalized spacial score (nSPS) is 12.7. The van der Waals surface area contributed by atoms with E-state index in [0.29, 0.717) is 29.4 Å². The molecule has 1 atom stereocenters. The molecule has 21 heavy (non-hydrogen) atoms. The molecule has 0 saturated heterocycles. The number of imidazole rings is 1. The Hall–Kier alpha value is -1.41. The van der Waals surface area contributed by atoms with Crippen molar-refractivity contribution in [2.24, 2.45) is 0 Å². The molecule has 0 aliphatic carbocycles. The van der Waals surface area contributed by atoms with E-state index in [2.05, 4.69) is 4.98 Å². The number of aliphatic carboxylic acids is 1. The Bertz CT molecular complexity index is 687. The number of hydrogen-bond acceptors (Lipinski definition) is 4. The Morgan fingerprint density at radius 2 is 2.29 bits per heavy atom. The zero-order valence-electron chi connectivity index (χ0n) is 11.4. The Balaban J connectivity index is 2.32. The SMILES string of the molecule is CS(=O)CCCn1c(SCC(=O)O)nc2c(F)cccc21. The van der Waals surface area contributed by atoms with Gasteiger partial charge < -0.3 is 9.67 Å². The van der Waals surface area contributed by atoms with Gasteiger partial charge in [0.15, 0.2) is 11.0 Å². The summed E-state index contributed by atoms with van der Waals surface area (Å²) in [4.78, 5) is 14.9. The molecule has 0 bridgehead atoms. The molecule has 8 heteroatoms. The van der Waals surface area contributed by atoms with Crippen LogP contribution < -0.4 is 0 Å². The highest BCUT2D eigenvalue weighted by atomic mass is 32.2. The highest BCUT2D eigenvalue weighted by Crippen LogP contribution is 2.26. The molecule has 2 rings (SSSR count). The number of aromatic nitrogens is 2. The monoisotopic (exact) mass is 330 g/mol. The van der Waals surface area contributed by atoms with Gasteiger partial charge in [0, 0.05) is 29.4 Å². The summed E-state index contributed by atoms with van der Waals surface area (Å²) in [6.07, 6.45) is 2.29. The van der Waals surface area contributed by atoms with E-state index in [1.165, 1.54) is 6.07 Å². The molecule has 1 N–H and O–H groups in total. The number of halogens is 1. The Kier molecular flexibility index (Phi) is 5.35. The summed E-state index contributed by atoms with van der Waals surface area (Å²) in [6.45, 7) is 0.529. The minimum absolute atomic E-state index is 0.134. The number of carboxylic acids is 1. The predicted molar refractivity (Wildman–Crippen MR) is 81.6 cm³/mol. The van der Waals surface area contributed by atoms with Gasteiger partial charge in [-0.2, -0.15) is 0 Å². The molecule has 0 amide bonds. The van der Waals surface area contributed by atoms with Crippen molar-refractivity contribution in [3.05, 3.63) is 24.0 Å². The summed E-state index contributed by atoms with van der Waals surface area (Å²) in [5.41, 5.74) is 0.868. The van der Waals surface area contributed by atoms with Gasteiger partial charge in [0.05, 0.1) is 11.3 Å². The maximum atomic E-state index is 13.8. The fourth-order valence-electron chi connectivity index (χ4n) is 1.97. The van der Waals surface area contributed by atoms with Crippen LogP contribution >= 0.6 is 11.8 Å². The molecule has 0 saturated carbocycles. The fourth-order valence-corrected chi connectivity index (χ4v) is 3.26. The number of rotatable bonds is 7. The van der Waals surface area contributed by atoms with Gasteiger partial charge >= 0.3 is 5.97 Å². The maximum absolute atomic E-state index is 13.8. The van der Waals surface area contributed by atoms with Crippen LogP contribution in [0.2, 0.25) is 0 Å². The first-order valence-electron chi connectivity index (χ1n) is 6.28. The molecule has 2 aromatic rings. The molecule has 0 spiro atoms. The van der Waals surface area contributed by atoms with Crippen molar-refractivity contribution >= 4 is 39.6 Å². The van der Waals surface area contributed by atoms with E-state index in [0.717, 1.165) is 11.8 Å². The number of benzene rings is 1. The molecule has 1 aromatic heterocycles. The van der Waals surface area contributed by atoms with Crippen molar-refractivity contribution in [3.8, 4) is 0 Å². The van der Waals surface area contributed by atoms with Crippen molar-refractivity contribution < 1.29 is 18.5 Å². The highest BCUT2D eigenvalue weighted by Gasteiger charge is 2.15. The zero-order chi connectivity index (χ0) is 15.4. The molecule has 0 radical (unpaired) electrons. The number of para-hydroxylation sites is 1. The van der Waals surface area contributed by atoms with Crippen LogP contribution in [0.3, 0.4) is 0 Å². The molecule has 1 aromatic carbocycles. The molecule has 0 aliphatic rings. The zero-order valence-corrected chi connectivity index (χ0v) is 13.0. The van der Waals surface area contributed by atoms with Crippen LogP contribution in [-0.2, 0) is 22.1 Å². The van der Waals surface area contributed by atoms with Crippen LogP contribution in [0.15, 0.2) is 23.4 Å². The number of carbonyl (C=O) groups is 1. The third-order valence-corrected chi connectivity index (χ3v) is 4.66. The molecular formula is C13H15FN2O3S2. The van der Waals surface area contributed by atoms with E-state index < -0.39 is 22.6 Å². The molecule has 1 heterocycles.